The molecule has 1 aromatic carbocycles. The number of hydrogen-bond acceptors (Lipinski definition) is 5. The third kappa shape index (κ3) is 4.78. The molecule has 3 aromatic rings. The minimum Gasteiger partial charge on any atom is -0.473 e. The van der Waals surface area contributed by atoms with E-state index in [1.807, 2.05) is 6.07 Å². The van der Waals surface area contributed by atoms with Crippen LogP contribution in [-0.4, -0.2) is 14.8 Å². The van der Waals surface area contributed by atoms with Crippen molar-refractivity contribution in [3.05, 3.63) is 64.9 Å². The highest BCUT2D eigenvalue weighted by molar-refractivity contribution is 5.38. The first-order valence-electron chi connectivity index (χ1n) is 7.93. The van der Waals surface area contributed by atoms with Crippen molar-refractivity contribution in [2.45, 2.75) is 12.8 Å². The number of aryl methyl sites for hydroxylation is 1. The Labute approximate surface area is 160 Å². The first-order valence-corrected chi connectivity index (χ1v) is 7.93. The third-order valence-electron chi connectivity index (χ3n) is 3.61. The first-order chi connectivity index (χ1) is 13.7. The molecule has 0 spiro atoms. The van der Waals surface area contributed by atoms with Crippen LogP contribution in [0.1, 0.15) is 16.8 Å². The molecule has 3 rings (SSSR count). The van der Waals surface area contributed by atoms with E-state index in [1.54, 1.807) is 0 Å². The lowest BCUT2D eigenvalue weighted by Gasteiger charge is -2.09. The van der Waals surface area contributed by atoms with Crippen molar-refractivity contribution in [2.24, 2.45) is 7.05 Å². The maximum atomic E-state index is 13.3. The molecule has 0 N–H and O–H groups in total. The molecule has 0 saturated heterocycles. The molecule has 6 nitrogen and oxygen atoms in total. The highest BCUT2D eigenvalue weighted by Crippen LogP contribution is 2.32. The summed E-state index contributed by atoms with van der Waals surface area (Å²) in [4.78, 5) is 3.96. The van der Waals surface area contributed by atoms with Crippen molar-refractivity contribution in [2.75, 3.05) is 0 Å². The topological polar surface area (TPSA) is 73.0 Å². The first kappa shape index (κ1) is 20.1. The van der Waals surface area contributed by atoms with E-state index in [1.165, 1.54) is 25.2 Å². The second-order valence-corrected chi connectivity index (χ2v) is 5.77. The molecule has 0 radical (unpaired) electrons. The minimum absolute atomic E-state index is 0.0634. The number of halogens is 5. The molecule has 0 aliphatic rings. The number of alkyl halides is 3. The van der Waals surface area contributed by atoms with Gasteiger partial charge >= 0.3 is 6.18 Å². The fourth-order valence-electron chi connectivity index (χ4n) is 2.25. The fourth-order valence-corrected chi connectivity index (χ4v) is 2.25. The number of nitrogens with zero attached hydrogens (tertiary/aromatic N) is 4. The Morgan fingerprint density at radius 3 is 2.41 bits per heavy atom. The van der Waals surface area contributed by atoms with Crippen LogP contribution in [0.2, 0.25) is 0 Å². The number of nitriles is 1. The second kappa shape index (κ2) is 7.75. The smallest absolute Gasteiger partial charge is 0.435 e. The Bertz CT molecular complexity index is 1090. The summed E-state index contributed by atoms with van der Waals surface area (Å²) in [7, 11) is 1.25. The van der Waals surface area contributed by atoms with Crippen molar-refractivity contribution < 1.29 is 31.4 Å². The normalized spacial score (nSPS) is 11.2. The van der Waals surface area contributed by atoms with Gasteiger partial charge in [0, 0.05) is 25.2 Å². The maximum Gasteiger partial charge on any atom is 0.435 e. The van der Waals surface area contributed by atoms with Crippen molar-refractivity contribution in [1.82, 2.24) is 14.8 Å². The van der Waals surface area contributed by atoms with E-state index in [2.05, 4.69) is 10.1 Å². The average molecular weight is 410 g/mol. The predicted molar refractivity (Wildman–Crippen MR) is 87.9 cm³/mol. The van der Waals surface area contributed by atoms with Crippen molar-refractivity contribution in [3.8, 4) is 23.7 Å². The molecule has 29 heavy (non-hydrogen) atoms. The van der Waals surface area contributed by atoms with Gasteiger partial charge in [-0.25, -0.2) is 13.5 Å². The number of rotatable bonds is 5. The summed E-state index contributed by atoms with van der Waals surface area (Å²) in [6.45, 7) is -0.192. The number of aromatic nitrogens is 3. The number of ether oxygens (including phenoxy) is 2. The fraction of sp³-hybridized carbons (Fsp3) is 0.167. The monoisotopic (exact) mass is 410 g/mol. The van der Waals surface area contributed by atoms with E-state index >= 15 is 0 Å². The number of hydrogen-bond donors (Lipinski definition) is 0. The molecule has 150 valence electrons. The van der Waals surface area contributed by atoms with Crippen LogP contribution in [0.3, 0.4) is 0 Å². The summed E-state index contributed by atoms with van der Waals surface area (Å²) >= 11 is 0. The van der Waals surface area contributed by atoms with Gasteiger partial charge in [-0.15, -0.1) is 0 Å². The van der Waals surface area contributed by atoms with Gasteiger partial charge < -0.3 is 9.47 Å². The van der Waals surface area contributed by atoms with E-state index in [4.69, 9.17) is 14.7 Å². The Morgan fingerprint density at radius 1 is 1.07 bits per heavy atom. The van der Waals surface area contributed by atoms with Crippen molar-refractivity contribution >= 4 is 0 Å². The Morgan fingerprint density at radius 2 is 1.79 bits per heavy atom. The quantitative estimate of drug-likeness (QED) is 0.585. The largest absolute Gasteiger partial charge is 0.473 e. The lowest BCUT2D eigenvalue weighted by atomic mass is 10.2. The van der Waals surface area contributed by atoms with Crippen molar-refractivity contribution in [3.63, 3.8) is 0 Å². The third-order valence-corrected chi connectivity index (χ3v) is 3.61. The van der Waals surface area contributed by atoms with E-state index < -0.39 is 23.5 Å². The molecule has 0 saturated carbocycles. The van der Waals surface area contributed by atoms with Crippen LogP contribution in [0.15, 0.2) is 36.4 Å². The molecule has 0 atom stereocenters. The summed E-state index contributed by atoms with van der Waals surface area (Å²) in [6.07, 6.45) is -4.65. The van der Waals surface area contributed by atoms with Crippen LogP contribution in [0.4, 0.5) is 22.0 Å². The summed E-state index contributed by atoms with van der Waals surface area (Å²) in [5.41, 5.74) is -0.785. The van der Waals surface area contributed by atoms with Gasteiger partial charge in [-0.1, -0.05) is 6.07 Å². The SMILES string of the molecule is Cn1nc(C(F)(F)F)cc1Oc1cc(C#N)cc(OCc2ccc(F)c(F)c2)n1. The molecular weight excluding hydrogens is 399 g/mol. The van der Waals surface area contributed by atoms with E-state index in [0.29, 0.717) is 11.6 Å². The van der Waals surface area contributed by atoms with Crippen LogP contribution in [0, 0.1) is 23.0 Å². The highest BCUT2D eigenvalue weighted by Gasteiger charge is 2.35. The molecule has 0 unspecified atom stereocenters. The molecule has 11 heteroatoms. The predicted octanol–water partition coefficient (Wildman–Crippen LogP) is 4.36. The standard InChI is InChI=1S/C18H11F5N4O2/c1-27-17(7-14(26-27)18(21,22)23)29-16-6-11(8-24)5-15(25-16)28-9-10-2-3-12(19)13(20)4-10/h2-7H,9H2,1H3. The van der Waals surface area contributed by atoms with E-state index in [0.717, 1.165) is 16.8 Å². The van der Waals surface area contributed by atoms with Gasteiger partial charge in [-0.3, -0.25) is 0 Å². The number of pyridine rings is 1. The Balaban J connectivity index is 1.81. The van der Waals surface area contributed by atoms with Gasteiger partial charge in [0.2, 0.25) is 17.6 Å². The zero-order valence-corrected chi connectivity index (χ0v) is 14.7. The summed E-state index contributed by atoms with van der Waals surface area (Å²) in [5, 5.41) is 12.4. The molecule has 0 amide bonds. The Kier molecular flexibility index (Phi) is 5.36. The Hall–Kier alpha value is -3.68. The van der Waals surface area contributed by atoms with Crippen LogP contribution >= 0.6 is 0 Å². The van der Waals surface area contributed by atoms with Gasteiger partial charge in [-0.2, -0.15) is 28.5 Å². The zero-order valence-electron chi connectivity index (χ0n) is 14.7. The van der Waals surface area contributed by atoms with Crippen LogP contribution in [0.5, 0.6) is 17.6 Å². The van der Waals surface area contributed by atoms with Gasteiger partial charge in [0.25, 0.3) is 0 Å². The van der Waals surface area contributed by atoms with E-state index in [9.17, 15) is 22.0 Å². The minimum atomic E-state index is -4.65. The van der Waals surface area contributed by atoms with Gasteiger partial charge in [0.05, 0.1) is 11.6 Å². The molecule has 2 aromatic heterocycles. The number of benzene rings is 1. The van der Waals surface area contributed by atoms with Gasteiger partial charge in [-0.05, 0) is 17.7 Å². The molecule has 2 heterocycles. The molecule has 0 fully saturated rings. The second-order valence-electron chi connectivity index (χ2n) is 5.77. The molecule has 0 bridgehead atoms. The van der Waals surface area contributed by atoms with Crippen molar-refractivity contribution in [1.29, 1.82) is 5.26 Å². The molecule has 0 aliphatic heterocycles. The van der Waals surface area contributed by atoms with E-state index in [-0.39, 0.29) is 29.8 Å². The molecule has 0 aliphatic carbocycles. The summed E-state index contributed by atoms with van der Waals surface area (Å²) in [5.74, 6) is -2.62. The van der Waals surface area contributed by atoms with Gasteiger partial charge in [0.15, 0.2) is 17.3 Å². The maximum absolute atomic E-state index is 13.3. The molecular formula is C18H11F5N4O2. The highest BCUT2D eigenvalue weighted by atomic mass is 19.4. The summed E-state index contributed by atoms with van der Waals surface area (Å²) in [6, 6.07) is 8.16. The van der Waals surface area contributed by atoms with Gasteiger partial charge in [0.1, 0.15) is 6.61 Å². The summed E-state index contributed by atoms with van der Waals surface area (Å²) < 4.78 is 76.0. The lowest BCUT2D eigenvalue weighted by molar-refractivity contribution is -0.141. The van der Waals surface area contributed by atoms with Crippen LogP contribution in [-0.2, 0) is 19.8 Å². The zero-order chi connectivity index (χ0) is 21.2. The van der Waals surface area contributed by atoms with Crippen LogP contribution < -0.4 is 9.47 Å². The average Bonchev–Trinajstić information content (AvgIpc) is 3.03. The van der Waals surface area contributed by atoms with Crippen LogP contribution in [0.25, 0.3) is 0 Å². The lowest BCUT2D eigenvalue weighted by Crippen LogP contribution is -2.06.